The van der Waals surface area contributed by atoms with Crippen LogP contribution in [0.5, 0.6) is 0 Å². The molecule has 1 aromatic heterocycles. The Morgan fingerprint density at radius 2 is 2.10 bits per heavy atom. The summed E-state index contributed by atoms with van der Waals surface area (Å²) in [5, 5.41) is 10.8. The molecule has 0 aliphatic heterocycles. The van der Waals surface area contributed by atoms with Gasteiger partial charge in [0.25, 0.3) is 0 Å². The van der Waals surface area contributed by atoms with Crippen LogP contribution in [0.2, 0.25) is 0 Å². The van der Waals surface area contributed by atoms with Crippen LogP contribution in [0.15, 0.2) is 4.47 Å². The van der Waals surface area contributed by atoms with E-state index < -0.39 is 0 Å². The standard InChI is InChI=1S/C15H27BrN4O/c1-5-12-15(16)13(20(6-2)19-12)10-17-8-7-14(21)18-9-11(3)4/h11,17H,5-10H2,1-4H3,(H,18,21). The minimum absolute atomic E-state index is 0.105. The van der Waals surface area contributed by atoms with Crippen molar-refractivity contribution in [3.8, 4) is 0 Å². The molecule has 5 nitrogen and oxygen atoms in total. The first-order valence-corrected chi connectivity index (χ1v) is 8.50. The smallest absolute Gasteiger partial charge is 0.221 e. The number of amides is 1. The molecular formula is C15H27BrN4O. The van der Waals surface area contributed by atoms with Crippen molar-refractivity contribution in [2.24, 2.45) is 5.92 Å². The van der Waals surface area contributed by atoms with E-state index in [0.717, 1.165) is 41.9 Å². The van der Waals surface area contributed by atoms with E-state index in [-0.39, 0.29) is 5.91 Å². The fourth-order valence-corrected chi connectivity index (χ4v) is 2.71. The second-order valence-corrected chi connectivity index (χ2v) is 6.29. The molecule has 1 heterocycles. The lowest BCUT2D eigenvalue weighted by molar-refractivity contribution is -0.121. The second kappa shape index (κ2) is 9.20. The molecule has 0 aliphatic carbocycles. The molecule has 0 unspecified atom stereocenters. The van der Waals surface area contributed by atoms with Crippen LogP contribution < -0.4 is 10.6 Å². The molecule has 120 valence electrons. The number of carbonyl (C=O) groups is 1. The fraction of sp³-hybridized carbons (Fsp3) is 0.733. The number of hydrogen-bond acceptors (Lipinski definition) is 3. The van der Waals surface area contributed by atoms with Gasteiger partial charge in [-0.05, 0) is 35.2 Å². The minimum Gasteiger partial charge on any atom is -0.356 e. The number of nitrogens with zero attached hydrogens (tertiary/aromatic N) is 2. The van der Waals surface area contributed by atoms with E-state index in [1.54, 1.807) is 0 Å². The van der Waals surface area contributed by atoms with E-state index in [2.05, 4.69) is 59.4 Å². The van der Waals surface area contributed by atoms with E-state index >= 15 is 0 Å². The highest BCUT2D eigenvalue weighted by Crippen LogP contribution is 2.22. The predicted octanol–water partition coefficient (Wildman–Crippen LogP) is 2.48. The number of aromatic nitrogens is 2. The molecule has 1 amide bonds. The molecule has 0 radical (unpaired) electrons. The van der Waals surface area contributed by atoms with Gasteiger partial charge in [0.15, 0.2) is 0 Å². The summed E-state index contributed by atoms with van der Waals surface area (Å²) in [5.41, 5.74) is 2.24. The van der Waals surface area contributed by atoms with Crippen LogP contribution in [0.1, 0.15) is 45.5 Å². The zero-order chi connectivity index (χ0) is 15.8. The molecule has 0 aliphatic rings. The van der Waals surface area contributed by atoms with Crippen LogP contribution in [0.25, 0.3) is 0 Å². The molecule has 0 aromatic carbocycles. The number of hydrogen-bond donors (Lipinski definition) is 2. The molecule has 0 fully saturated rings. The van der Waals surface area contributed by atoms with Crippen molar-refractivity contribution in [2.45, 2.75) is 53.6 Å². The van der Waals surface area contributed by atoms with Crippen LogP contribution in [-0.2, 0) is 24.3 Å². The summed E-state index contributed by atoms with van der Waals surface area (Å²) in [6, 6.07) is 0. The predicted molar refractivity (Wildman–Crippen MR) is 89.2 cm³/mol. The highest BCUT2D eigenvalue weighted by Gasteiger charge is 2.13. The average Bonchev–Trinajstić information content (AvgIpc) is 2.77. The molecule has 0 bridgehead atoms. The van der Waals surface area contributed by atoms with Gasteiger partial charge in [-0.3, -0.25) is 9.48 Å². The van der Waals surface area contributed by atoms with Gasteiger partial charge in [-0.1, -0.05) is 20.8 Å². The monoisotopic (exact) mass is 358 g/mol. The molecule has 1 rings (SSSR count). The van der Waals surface area contributed by atoms with Gasteiger partial charge in [-0.25, -0.2) is 0 Å². The SMILES string of the molecule is CCc1nn(CC)c(CNCCC(=O)NCC(C)C)c1Br. The van der Waals surface area contributed by atoms with E-state index in [0.29, 0.717) is 18.9 Å². The number of halogens is 1. The first-order chi connectivity index (χ1) is 9.99. The highest BCUT2D eigenvalue weighted by atomic mass is 79.9. The molecule has 0 atom stereocenters. The summed E-state index contributed by atoms with van der Waals surface area (Å²) in [7, 11) is 0. The zero-order valence-electron chi connectivity index (χ0n) is 13.5. The maximum absolute atomic E-state index is 11.6. The molecular weight excluding hydrogens is 332 g/mol. The molecule has 0 saturated carbocycles. The molecule has 6 heteroatoms. The maximum Gasteiger partial charge on any atom is 0.221 e. The summed E-state index contributed by atoms with van der Waals surface area (Å²) in [6.45, 7) is 11.4. The van der Waals surface area contributed by atoms with Gasteiger partial charge < -0.3 is 10.6 Å². The van der Waals surface area contributed by atoms with Crippen molar-refractivity contribution in [3.63, 3.8) is 0 Å². The van der Waals surface area contributed by atoms with Crippen molar-refractivity contribution < 1.29 is 4.79 Å². The Bertz CT molecular complexity index is 457. The Morgan fingerprint density at radius 1 is 1.38 bits per heavy atom. The van der Waals surface area contributed by atoms with Crippen LogP contribution in [0.3, 0.4) is 0 Å². The molecule has 21 heavy (non-hydrogen) atoms. The van der Waals surface area contributed by atoms with E-state index in [1.807, 2.05) is 4.68 Å². The van der Waals surface area contributed by atoms with Gasteiger partial charge >= 0.3 is 0 Å². The summed E-state index contributed by atoms with van der Waals surface area (Å²) >= 11 is 3.62. The van der Waals surface area contributed by atoms with Gasteiger partial charge in [0.1, 0.15) is 0 Å². The highest BCUT2D eigenvalue weighted by molar-refractivity contribution is 9.10. The summed E-state index contributed by atoms with van der Waals surface area (Å²) < 4.78 is 3.10. The third kappa shape index (κ3) is 5.79. The maximum atomic E-state index is 11.6. The molecule has 1 aromatic rings. The van der Waals surface area contributed by atoms with Gasteiger partial charge in [0.2, 0.25) is 5.91 Å². The van der Waals surface area contributed by atoms with Crippen molar-refractivity contribution >= 4 is 21.8 Å². The third-order valence-corrected chi connectivity index (χ3v) is 4.14. The minimum atomic E-state index is 0.105. The van der Waals surface area contributed by atoms with Crippen LogP contribution in [-0.4, -0.2) is 28.8 Å². The van der Waals surface area contributed by atoms with Crippen molar-refractivity contribution in [1.29, 1.82) is 0 Å². The topological polar surface area (TPSA) is 59.0 Å². The Hall–Kier alpha value is -0.880. The van der Waals surface area contributed by atoms with Crippen molar-refractivity contribution in [2.75, 3.05) is 13.1 Å². The average molecular weight is 359 g/mol. The first kappa shape index (κ1) is 18.2. The summed E-state index contributed by atoms with van der Waals surface area (Å²) in [4.78, 5) is 11.6. The number of nitrogens with one attached hydrogen (secondary N) is 2. The Balaban J connectivity index is 2.39. The summed E-state index contributed by atoms with van der Waals surface area (Å²) in [6.07, 6.45) is 1.42. The second-order valence-electron chi connectivity index (χ2n) is 5.50. The molecule has 0 saturated heterocycles. The number of aryl methyl sites for hydroxylation is 2. The third-order valence-electron chi connectivity index (χ3n) is 3.22. The Morgan fingerprint density at radius 3 is 2.67 bits per heavy atom. The van der Waals surface area contributed by atoms with E-state index in [1.165, 1.54) is 0 Å². The lowest BCUT2D eigenvalue weighted by atomic mass is 10.2. The Kier molecular flexibility index (Phi) is 7.96. The van der Waals surface area contributed by atoms with Gasteiger partial charge in [-0.15, -0.1) is 0 Å². The van der Waals surface area contributed by atoms with Crippen LogP contribution in [0, 0.1) is 5.92 Å². The van der Waals surface area contributed by atoms with Crippen LogP contribution >= 0.6 is 15.9 Å². The molecule has 0 spiro atoms. The van der Waals surface area contributed by atoms with Gasteiger partial charge in [0, 0.05) is 32.6 Å². The van der Waals surface area contributed by atoms with Crippen molar-refractivity contribution in [3.05, 3.63) is 15.9 Å². The zero-order valence-corrected chi connectivity index (χ0v) is 15.1. The van der Waals surface area contributed by atoms with Crippen LogP contribution in [0.4, 0.5) is 0 Å². The number of rotatable bonds is 9. The largest absolute Gasteiger partial charge is 0.356 e. The van der Waals surface area contributed by atoms with E-state index in [9.17, 15) is 4.79 Å². The Labute approximate surface area is 136 Å². The molecule has 2 N–H and O–H groups in total. The van der Waals surface area contributed by atoms with Gasteiger partial charge in [-0.2, -0.15) is 5.10 Å². The summed E-state index contributed by atoms with van der Waals surface area (Å²) in [5.74, 6) is 0.595. The fourth-order valence-electron chi connectivity index (χ4n) is 2.00. The van der Waals surface area contributed by atoms with Gasteiger partial charge in [0.05, 0.1) is 15.9 Å². The lowest BCUT2D eigenvalue weighted by Crippen LogP contribution is -2.30. The van der Waals surface area contributed by atoms with Crippen molar-refractivity contribution in [1.82, 2.24) is 20.4 Å². The lowest BCUT2D eigenvalue weighted by Gasteiger charge is -2.09. The quantitative estimate of drug-likeness (QED) is 0.666. The number of carbonyl (C=O) groups excluding carboxylic acids is 1. The normalized spacial score (nSPS) is 11.1. The first-order valence-electron chi connectivity index (χ1n) is 7.71. The van der Waals surface area contributed by atoms with E-state index in [4.69, 9.17) is 0 Å².